The highest BCUT2D eigenvalue weighted by Gasteiger charge is 2.41. The van der Waals surface area contributed by atoms with Gasteiger partial charge in [0.25, 0.3) is 0 Å². The van der Waals surface area contributed by atoms with Crippen molar-refractivity contribution in [1.29, 1.82) is 0 Å². The third-order valence-electron chi connectivity index (χ3n) is 4.94. The van der Waals surface area contributed by atoms with Crippen LogP contribution in [0.5, 0.6) is 0 Å². The second kappa shape index (κ2) is 6.22. The first-order valence-electron chi connectivity index (χ1n) is 8.06. The van der Waals surface area contributed by atoms with Crippen LogP contribution in [0.4, 0.5) is 0 Å². The average molecular weight is 278 g/mol. The van der Waals surface area contributed by atoms with Crippen LogP contribution in [-0.4, -0.2) is 34.2 Å². The van der Waals surface area contributed by atoms with Gasteiger partial charge in [0.2, 0.25) is 0 Å². The van der Waals surface area contributed by atoms with E-state index in [2.05, 4.69) is 27.7 Å². The third-order valence-corrected chi connectivity index (χ3v) is 4.94. The summed E-state index contributed by atoms with van der Waals surface area (Å²) in [4.78, 5) is 0. The monoisotopic (exact) mass is 278 g/mol. The first kappa shape index (κ1) is 14.0. The largest absolute Gasteiger partial charge is 0.375 e. The molecular weight excluding hydrogens is 252 g/mol. The summed E-state index contributed by atoms with van der Waals surface area (Å²) < 4.78 is 6.21. The molecule has 5 heteroatoms. The van der Waals surface area contributed by atoms with E-state index in [9.17, 15) is 0 Å². The zero-order valence-electron chi connectivity index (χ0n) is 12.4. The van der Waals surface area contributed by atoms with E-state index in [0.29, 0.717) is 12.0 Å². The van der Waals surface area contributed by atoms with Gasteiger partial charge >= 0.3 is 0 Å². The molecule has 0 bridgehead atoms. The Morgan fingerprint density at radius 1 is 1.45 bits per heavy atom. The first-order valence-corrected chi connectivity index (χ1v) is 8.06. The third kappa shape index (κ3) is 2.88. The first-order chi connectivity index (χ1) is 9.83. The maximum Gasteiger partial charge on any atom is 0.0996 e. The molecule has 1 saturated heterocycles. The van der Waals surface area contributed by atoms with Gasteiger partial charge in [-0.05, 0) is 38.1 Å². The summed E-state index contributed by atoms with van der Waals surface area (Å²) in [7, 11) is 0. The molecule has 2 N–H and O–H groups in total. The molecule has 1 aromatic rings. The second-order valence-corrected chi connectivity index (χ2v) is 6.28. The Bertz CT molecular complexity index is 395. The molecule has 20 heavy (non-hydrogen) atoms. The van der Waals surface area contributed by atoms with Gasteiger partial charge in [-0.1, -0.05) is 26.2 Å². The van der Waals surface area contributed by atoms with E-state index in [1.54, 1.807) is 0 Å². The van der Waals surface area contributed by atoms with E-state index in [1.165, 1.54) is 32.1 Å². The van der Waals surface area contributed by atoms with Crippen molar-refractivity contribution in [2.45, 2.75) is 63.5 Å². The van der Waals surface area contributed by atoms with E-state index in [-0.39, 0.29) is 5.60 Å². The van der Waals surface area contributed by atoms with Crippen LogP contribution in [-0.2, 0) is 4.74 Å². The minimum atomic E-state index is 0.151. The number of hydrogen-bond donors (Lipinski definition) is 2. The number of H-pyrrole nitrogens is 1. The Kier molecular flexibility index (Phi) is 4.36. The Labute approximate surface area is 120 Å². The van der Waals surface area contributed by atoms with E-state index in [1.807, 2.05) is 6.20 Å². The van der Waals surface area contributed by atoms with Gasteiger partial charge in [-0.25, -0.2) is 0 Å². The van der Waals surface area contributed by atoms with Gasteiger partial charge in [-0.2, -0.15) is 15.4 Å². The predicted octanol–water partition coefficient (Wildman–Crippen LogP) is 2.58. The Morgan fingerprint density at radius 2 is 2.30 bits per heavy atom. The molecule has 2 heterocycles. The van der Waals surface area contributed by atoms with Crippen molar-refractivity contribution in [1.82, 2.24) is 20.7 Å². The van der Waals surface area contributed by atoms with Gasteiger partial charge in [-0.3, -0.25) is 0 Å². The molecule has 5 nitrogen and oxygen atoms in total. The highest BCUT2D eigenvalue weighted by atomic mass is 16.5. The maximum absolute atomic E-state index is 6.21. The predicted molar refractivity (Wildman–Crippen MR) is 77.3 cm³/mol. The van der Waals surface area contributed by atoms with Crippen molar-refractivity contribution < 1.29 is 4.74 Å². The number of ether oxygens (including phenoxy) is 1. The smallest absolute Gasteiger partial charge is 0.0996 e. The molecule has 2 aliphatic rings. The summed E-state index contributed by atoms with van der Waals surface area (Å²) >= 11 is 0. The molecule has 3 rings (SSSR count). The molecule has 2 fully saturated rings. The highest BCUT2D eigenvalue weighted by molar-refractivity contribution is 5.05. The quantitative estimate of drug-likeness (QED) is 0.888. The lowest BCUT2D eigenvalue weighted by atomic mass is 9.73. The van der Waals surface area contributed by atoms with Crippen molar-refractivity contribution in [3.63, 3.8) is 0 Å². The average Bonchev–Trinajstić information content (AvgIpc) is 2.99. The van der Waals surface area contributed by atoms with Crippen LogP contribution >= 0.6 is 0 Å². The molecule has 1 aliphatic carbocycles. The van der Waals surface area contributed by atoms with Gasteiger partial charge in [0.15, 0.2) is 0 Å². The fourth-order valence-corrected chi connectivity index (χ4v) is 3.99. The molecule has 1 saturated carbocycles. The molecule has 2 atom stereocenters. The van der Waals surface area contributed by atoms with Gasteiger partial charge in [-0.15, -0.1) is 0 Å². The van der Waals surface area contributed by atoms with Crippen molar-refractivity contribution in [2.75, 3.05) is 13.2 Å². The molecule has 112 valence electrons. The Hall–Kier alpha value is -0.940. The number of aromatic amines is 1. The molecule has 0 amide bonds. The molecular formula is C15H26N4O. The zero-order valence-corrected chi connectivity index (χ0v) is 12.4. The van der Waals surface area contributed by atoms with E-state index in [4.69, 9.17) is 4.74 Å². The summed E-state index contributed by atoms with van der Waals surface area (Å²) in [5.41, 5.74) is 1.20. The van der Waals surface area contributed by atoms with Gasteiger partial charge in [0.05, 0.1) is 23.5 Å². The van der Waals surface area contributed by atoms with Gasteiger partial charge in [0, 0.05) is 6.61 Å². The topological polar surface area (TPSA) is 62.8 Å². The van der Waals surface area contributed by atoms with E-state index in [0.717, 1.165) is 31.7 Å². The summed E-state index contributed by atoms with van der Waals surface area (Å²) in [5.74, 6) is 0.604. The normalized spacial score (nSPS) is 27.6. The van der Waals surface area contributed by atoms with Crippen LogP contribution in [0.25, 0.3) is 0 Å². The van der Waals surface area contributed by atoms with Crippen molar-refractivity contribution in [3.05, 3.63) is 11.9 Å². The minimum Gasteiger partial charge on any atom is -0.375 e. The number of rotatable bonds is 4. The molecule has 2 unspecified atom stereocenters. The summed E-state index contributed by atoms with van der Waals surface area (Å²) in [6.45, 7) is 4.01. The van der Waals surface area contributed by atoms with Crippen LogP contribution in [0.15, 0.2) is 6.20 Å². The summed E-state index contributed by atoms with van der Waals surface area (Å²) in [6, 6.07) is 0.307. The second-order valence-electron chi connectivity index (χ2n) is 6.28. The van der Waals surface area contributed by atoms with Gasteiger partial charge in [0.1, 0.15) is 0 Å². The lowest BCUT2D eigenvalue weighted by molar-refractivity contribution is -0.122. The fraction of sp³-hybridized carbons (Fsp3) is 0.867. The molecule has 1 aromatic heterocycles. The number of nitrogens with zero attached hydrogens (tertiary/aromatic N) is 2. The van der Waals surface area contributed by atoms with Crippen LogP contribution in [0, 0.1) is 5.92 Å². The Balaban J connectivity index is 1.73. The minimum absolute atomic E-state index is 0.151. The van der Waals surface area contributed by atoms with Crippen LogP contribution in [0.2, 0.25) is 0 Å². The zero-order chi connectivity index (χ0) is 13.8. The molecule has 0 radical (unpaired) electrons. The van der Waals surface area contributed by atoms with Crippen LogP contribution < -0.4 is 5.32 Å². The van der Waals surface area contributed by atoms with E-state index >= 15 is 0 Å². The fourth-order valence-electron chi connectivity index (χ4n) is 3.99. The summed E-state index contributed by atoms with van der Waals surface area (Å²) in [6.07, 6.45) is 10.6. The standard InChI is InChI=1S/C15H26N4O/c1-2-16-14(13-11-17-19-18-13)12-6-9-20-15(10-12)7-4-3-5-8-15/h11-12,14,16H,2-10H2,1H3,(H,17,18,19). The number of hydrogen-bond acceptors (Lipinski definition) is 4. The van der Waals surface area contributed by atoms with Crippen molar-refractivity contribution in [3.8, 4) is 0 Å². The molecule has 1 spiro atoms. The maximum atomic E-state index is 6.21. The number of nitrogens with one attached hydrogen (secondary N) is 2. The SMILES string of the molecule is CCNC(c1cn[nH]n1)C1CCOC2(CCCCC2)C1. The van der Waals surface area contributed by atoms with E-state index < -0.39 is 0 Å². The molecule has 1 aliphatic heterocycles. The number of aromatic nitrogens is 3. The summed E-state index contributed by atoms with van der Waals surface area (Å²) in [5, 5.41) is 14.6. The van der Waals surface area contributed by atoms with Crippen molar-refractivity contribution in [2.24, 2.45) is 5.92 Å². The highest BCUT2D eigenvalue weighted by Crippen LogP contribution is 2.43. The lowest BCUT2D eigenvalue weighted by Gasteiger charge is -2.45. The van der Waals surface area contributed by atoms with Gasteiger partial charge < -0.3 is 10.1 Å². The van der Waals surface area contributed by atoms with Crippen LogP contribution in [0.3, 0.4) is 0 Å². The molecule has 0 aromatic carbocycles. The lowest BCUT2D eigenvalue weighted by Crippen LogP contribution is -2.45. The van der Waals surface area contributed by atoms with Crippen LogP contribution in [0.1, 0.15) is 63.6 Å². The van der Waals surface area contributed by atoms with Crippen molar-refractivity contribution >= 4 is 0 Å². The Morgan fingerprint density at radius 3 is 3.00 bits per heavy atom.